The van der Waals surface area contributed by atoms with Gasteiger partial charge >= 0.3 is 0 Å². The summed E-state index contributed by atoms with van der Waals surface area (Å²) in [5, 5.41) is 6.66. The number of hydrogen-bond donors (Lipinski definition) is 1. The van der Waals surface area contributed by atoms with Gasteiger partial charge in [0.25, 0.3) is 5.91 Å². The molecular formula is C24H20FN3O3. The van der Waals surface area contributed by atoms with Crippen molar-refractivity contribution in [2.24, 2.45) is 0 Å². The molecule has 0 unspecified atom stereocenters. The summed E-state index contributed by atoms with van der Waals surface area (Å²) < 4.78 is 24.5. The fourth-order valence-corrected chi connectivity index (χ4v) is 3.08. The number of rotatable bonds is 7. The number of anilines is 1. The quantitative estimate of drug-likeness (QED) is 0.461. The number of para-hydroxylation sites is 1. The number of carbonyl (C=O) groups is 1. The number of halogens is 1. The van der Waals surface area contributed by atoms with E-state index in [9.17, 15) is 9.18 Å². The Morgan fingerprint density at radius 2 is 1.74 bits per heavy atom. The minimum atomic E-state index is -0.477. The molecule has 1 N–H and O–H groups in total. The molecule has 0 aliphatic heterocycles. The number of ether oxygens (including phenoxy) is 1. The van der Waals surface area contributed by atoms with E-state index >= 15 is 0 Å². The molecule has 6 nitrogen and oxygen atoms in total. The third kappa shape index (κ3) is 4.95. The fourth-order valence-electron chi connectivity index (χ4n) is 3.08. The molecule has 0 bridgehead atoms. The second-order valence-electron chi connectivity index (χ2n) is 6.97. The van der Waals surface area contributed by atoms with E-state index in [1.807, 2.05) is 36.4 Å². The van der Waals surface area contributed by atoms with Crippen LogP contribution in [0.3, 0.4) is 0 Å². The van der Waals surface area contributed by atoms with Crippen molar-refractivity contribution in [2.45, 2.75) is 20.0 Å². The van der Waals surface area contributed by atoms with Crippen LogP contribution in [0.4, 0.5) is 10.1 Å². The molecule has 0 atom stereocenters. The lowest BCUT2D eigenvalue weighted by Crippen LogP contribution is -2.15. The van der Waals surface area contributed by atoms with Crippen LogP contribution in [0.1, 0.15) is 32.9 Å². The summed E-state index contributed by atoms with van der Waals surface area (Å²) in [4.78, 5) is 16.7. The zero-order valence-corrected chi connectivity index (χ0v) is 16.8. The molecule has 0 radical (unpaired) electrons. The molecular weight excluding hydrogens is 397 g/mol. The van der Waals surface area contributed by atoms with Gasteiger partial charge in [0.1, 0.15) is 12.4 Å². The summed E-state index contributed by atoms with van der Waals surface area (Å²) in [5.41, 5.74) is 3.47. The molecule has 0 saturated carbocycles. The van der Waals surface area contributed by atoms with Crippen molar-refractivity contribution in [1.82, 2.24) is 10.1 Å². The molecule has 1 amide bonds. The Morgan fingerprint density at radius 1 is 1.03 bits per heavy atom. The predicted octanol–water partition coefficient (Wildman–Crippen LogP) is 4.94. The fraction of sp³-hybridized carbons (Fsp3) is 0.125. The van der Waals surface area contributed by atoms with Crippen LogP contribution in [0.5, 0.6) is 5.75 Å². The Kier molecular flexibility index (Phi) is 6.03. The Labute approximate surface area is 178 Å². The van der Waals surface area contributed by atoms with Crippen LogP contribution in [-0.4, -0.2) is 16.0 Å². The van der Waals surface area contributed by atoms with Crippen molar-refractivity contribution < 1.29 is 18.4 Å². The molecule has 0 aliphatic rings. The smallest absolute Gasteiger partial charge is 0.278 e. The molecule has 31 heavy (non-hydrogen) atoms. The maximum atomic E-state index is 13.8. The van der Waals surface area contributed by atoms with E-state index in [4.69, 9.17) is 9.26 Å². The van der Waals surface area contributed by atoms with Crippen molar-refractivity contribution >= 4 is 11.6 Å². The van der Waals surface area contributed by atoms with Crippen molar-refractivity contribution in [3.8, 4) is 5.75 Å². The maximum absolute atomic E-state index is 13.8. The van der Waals surface area contributed by atoms with Crippen LogP contribution in [-0.2, 0) is 13.0 Å². The Bertz CT molecular complexity index is 1170. The first-order valence-electron chi connectivity index (χ1n) is 9.72. The van der Waals surface area contributed by atoms with Crippen LogP contribution in [0, 0.1) is 12.7 Å². The van der Waals surface area contributed by atoms with Gasteiger partial charge in [-0.1, -0.05) is 29.4 Å². The number of amides is 1. The Morgan fingerprint density at radius 3 is 2.48 bits per heavy atom. The first kappa shape index (κ1) is 20.3. The van der Waals surface area contributed by atoms with Crippen LogP contribution in [0.2, 0.25) is 0 Å². The third-order valence-electron chi connectivity index (χ3n) is 4.78. The standard InChI is InChI=1S/C24H20FN3O3/c1-16-20(15-30-22-5-3-2-4-21(22)25)23(28-31-16)24(29)27-19-8-6-17(7-9-19)14-18-10-12-26-13-11-18/h2-13H,14-15H2,1H3,(H,27,29). The predicted molar refractivity (Wildman–Crippen MR) is 113 cm³/mol. The highest BCUT2D eigenvalue weighted by molar-refractivity contribution is 6.03. The number of nitrogens with zero attached hydrogens (tertiary/aromatic N) is 2. The molecule has 2 heterocycles. The van der Waals surface area contributed by atoms with Gasteiger partial charge < -0.3 is 14.6 Å². The van der Waals surface area contributed by atoms with Gasteiger partial charge in [-0.05, 0) is 60.9 Å². The number of pyridine rings is 1. The lowest BCUT2D eigenvalue weighted by Gasteiger charge is -2.08. The lowest BCUT2D eigenvalue weighted by molar-refractivity contribution is 0.101. The molecule has 0 fully saturated rings. The van der Waals surface area contributed by atoms with Crippen molar-refractivity contribution in [3.05, 3.63) is 107 Å². The molecule has 0 spiro atoms. The largest absolute Gasteiger partial charge is 0.486 e. The maximum Gasteiger partial charge on any atom is 0.278 e. The van der Waals surface area contributed by atoms with Crippen LogP contribution in [0.15, 0.2) is 77.6 Å². The molecule has 4 aromatic rings. The van der Waals surface area contributed by atoms with E-state index < -0.39 is 11.7 Å². The number of carbonyl (C=O) groups excluding carboxylic acids is 1. The summed E-state index contributed by atoms with van der Waals surface area (Å²) in [6.07, 6.45) is 4.30. The van der Waals surface area contributed by atoms with E-state index in [1.54, 1.807) is 31.5 Å². The topological polar surface area (TPSA) is 77.3 Å². The minimum Gasteiger partial charge on any atom is -0.486 e. The normalized spacial score (nSPS) is 10.6. The number of aromatic nitrogens is 2. The average molecular weight is 417 g/mol. The molecule has 0 aliphatic carbocycles. The summed E-state index contributed by atoms with van der Waals surface area (Å²) in [5.74, 6) is -0.367. The van der Waals surface area contributed by atoms with Crippen LogP contribution < -0.4 is 10.1 Å². The molecule has 4 rings (SSSR count). The Balaban J connectivity index is 1.42. The average Bonchev–Trinajstić information content (AvgIpc) is 3.16. The molecule has 156 valence electrons. The van der Waals surface area contributed by atoms with E-state index in [0.29, 0.717) is 17.0 Å². The van der Waals surface area contributed by atoms with Gasteiger partial charge in [0.15, 0.2) is 17.3 Å². The number of hydrogen-bond acceptors (Lipinski definition) is 5. The molecule has 0 saturated heterocycles. The van der Waals surface area contributed by atoms with E-state index in [0.717, 1.165) is 17.5 Å². The lowest BCUT2D eigenvalue weighted by atomic mass is 10.1. The van der Waals surface area contributed by atoms with E-state index in [1.165, 1.54) is 12.1 Å². The Hall–Kier alpha value is -4.00. The summed E-state index contributed by atoms with van der Waals surface area (Å²) >= 11 is 0. The summed E-state index contributed by atoms with van der Waals surface area (Å²) in [6.45, 7) is 1.64. The second-order valence-corrected chi connectivity index (χ2v) is 6.97. The van der Waals surface area contributed by atoms with E-state index in [2.05, 4.69) is 15.5 Å². The van der Waals surface area contributed by atoms with Gasteiger partial charge in [-0.3, -0.25) is 9.78 Å². The van der Waals surface area contributed by atoms with Crippen LogP contribution >= 0.6 is 0 Å². The number of benzene rings is 2. The highest BCUT2D eigenvalue weighted by Gasteiger charge is 2.21. The zero-order valence-electron chi connectivity index (χ0n) is 16.8. The first-order chi connectivity index (χ1) is 15.1. The van der Waals surface area contributed by atoms with Gasteiger partial charge in [-0.2, -0.15) is 0 Å². The van der Waals surface area contributed by atoms with Gasteiger partial charge in [0.05, 0.1) is 5.56 Å². The molecule has 7 heteroatoms. The zero-order chi connectivity index (χ0) is 21.6. The van der Waals surface area contributed by atoms with Crippen LogP contribution in [0.25, 0.3) is 0 Å². The SMILES string of the molecule is Cc1onc(C(=O)Nc2ccc(Cc3ccncc3)cc2)c1COc1ccccc1F. The highest BCUT2D eigenvalue weighted by Crippen LogP contribution is 2.21. The van der Waals surface area contributed by atoms with Gasteiger partial charge in [-0.15, -0.1) is 0 Å². The van der Waals surface area contributed by atoms with Crippen molar-refractivity contribution in [2.75, 3.05) is 5.32 Å². The summed E-state index contributed by atoms with van der Waals surface area (Å²) in [7, 11) is 0. The molecule has 2 aromatic carbocycles. The monoisotopic (exact) mass is 417 g/mol. The molecule has 2 aromatic heterocycles. The summed E-state index contributed by atoms with van der Waals surface area (Å²) in [6, 6.07) is 17.6. The number of aryl methyl sites for hydroxylation is 1. The highest BCUT2D eigenvalue weighted by atomic mass is 19.1. The van der Waals surface area contributed by atoms with E-state index in [-0.39, 0.29) is 18.1 Å². The third-order valence-corrected chi connectivity index (χ3v) is 4.78. The van der Waals surface area contributed by atoms with Gasteiger partial charge in [0.2, 0.25) is 0 Å². The van der Waals surface area contributed by atoms with Crippen molar-refractivity contribution in [3.63, 3.8) is 0 Å². The first-order valence-corrected chi connectivity index (χ1v) is 9.72. The van der Waals surface area contributed by atoms with Crippen molar-refractivity contribution in [1.29, 1.82) is 0 Å². The van der Waals surface area contributed by atoms with Gasteiger partial charge in [0, 0.05) is 18.1 Å². The minimum absolute atomic E-state index is 0.0378. The number of nitrogens with one attached hydrogen (secondary N) is 1. The second kappa shape index (κ2) is 9.21. The van der Waals surface area contributed by atoms with Gasteiger partial charge in [-0.25, -0.2) is 4.39 Å².